The summed E-state index contributed by atoms with van der Waals surface area (Å²) in [6, 6.07) is 22.0. The van der Waals surface area contributed by atoms with E-state index in [0.717, 1.165) is 70.9 Å². The summed E-state index contributed by atoms with van der Waals surface area (Å²) in [7, 11) is 8.79. The summed E-state index contributed by atoms with van der Waals surface area (Å²) >= 11 is 5.91. The molecule has 0 radical (unpaired) electrons. The Labute approximate surface area is 418 Å². The van der Waals surface area contributed by atoms with Crippen molar-refractivity contribution in [1.82, 2.24) is 39.6 Å². The number of nitrogens with zero attached hydrogens (tertiary/aromatic N) is 7. The lowest BCUT2D eigenvalue weighted by Gasteiger charge is -2.51. The van der Waals surface area contributed by atoms with Crippen molar-refractivity contribution < 1.29 is 19.2 Å². The molecule has 378 valence electrons. The maximum atomic E-state index is 14.8. The van der Waals surface area contributed by atoms with Crippen LogP contribution in [0.2, 0.25) is 0 Å². The van der Waals surface area contributed by atoms with Crippen LogP contribution < -0.4 is 5.32 Å². The summed E-state index contributed by atoms with van der Waals surface area (Å²) < 4.78 is 0. The average molecular weight is 968 g/mol. The van der Waals surface area contributed by atoms with Gasteiger partial charge in [-0.3, -0.25) is 19.4 Å². The largest absolute Gasteiger partial charge is 0.349 e. The fourth-order valence-electron chi connectivity index (χ4n) is 14.3. The lowest BCUT2D eigenvalue weighted by molar-refractivity contribution is -0.132. The van der Waals surface area contributed by atoms with Crippen molar-refractivity contribution in [3.63, 3.8) is 0 Å². The van der Waals surface area contributed by atoms with Crippen molar-refractivity contribution in [2.24, 2.45) is 23.7 Å². The van der Waals surface area contributed by atoms with Gasteiger partial charge in [0.25, 0.3) is 0 Å². The van der Waals surface area contributed by atoms with E-state index in [-0.39, 0.29) is 52.0 Å². The third kappa shape index (κ3) is 9.65. The van der Waals surface area contributed by atoms with Gasteiger partial charge in [0.1, 0.15) is 0 Å². The lowest BCUT2D eigenvalue weighted by atomic mass is 9.68. The zero-order valence-corrected chi connectivity index (χ0v) is 44.0. The first-order valence-electron chi connectivity index (χ1n) is 26.5. The number of likely N-dealkylation sites (tertiary alicyclic amines) is 1. The van der Waals surface area contributed by atoms with Crippen molar-refractivity contribution in [3.05, 3.63) is 71.8 Å². The molecular formula is C56H83ClN8O4. The van der Waals surface area contributed by atoms with Crippen molar-refractivity contribution in [1.29, 1.82) is 0 Å². The van der Waals surface area contributed by atoms with Crippen LogP contribution in [-0.2, 0) is 20.7 Å². The van der Waals surface area contributed by atoms with Gasteiger partial charge < -0.3 is 29.8 Å². The number of halogens is 1. The average Bonchev–Trinajstić information content (AvgIpc) is 4.23. The highest BCUT2D eigenvalue weighted by Crippen LogP contribution is 2.55. The molecule has 3 atom stereocenters. The number of nitrogens with one attached hydrogen (secondary N) is 1. The summed E-state index contributed by atoms with van der Waals surface area (Å²) in [5, 5.41) is 3.20. The van der Waals surface area contributed by atoms with Crippen LogP contribution in [0.1, 0.15) is 129 Å². The first-order chi connectivity index (χ1) is 32.8. The molecule has 4 saturated carbocycles. The van der Waals surface area contributed by atoms with E-state index in [2.05, 4.69) is 137 Å². The van der Waals surface area contributed by atoms with Gasteiger partial charge in [0.15, 0.2) is 0 Å². The van der Waals surface area contributed by atoms with Crippen molar-refractivity contribution >= 4 is 35.5 Å². The number of rotatable bonds is 18. The van der Waals surface area contributed by atoms with Crippen molar-refractivity contribution in [2.45, 2.75) is 151 Å². The smallest absolute Gasteiger partial charge is 0.320 e. The van der Waals surface area contributed by atoms with Gasteiger partial charge in [0, 0.05) is 75.6 Å². The normalized spacial score (nSPS) is 32.0. The molecule has 2 aromatic carbocycles. The van der Waals surface area contributed by atoms with Crippen LogP contribution in [0.3, 0.4) is 0 Å². The minimum absolute atomic E-state index is 0.0367. The SMILES string of the molecule is CN(C)C1(c2ccccc2)CCC2(CC1)CN(CC(C)(C)N1CC(C3CC3CN3C(=O)N(CC(C)(C)NC(=O)CCCCl)CC34CCC(c3ccccc3)(N(C)C)CC4)CC1=O)C(=O)N2CC1CC1. The van der Waals surface area contributed by atoms with Crippen molar-refractivity contribution in [2.75, 3.05) is 79.9 Å². The number of carbonyl (C=O) groups excluding carboxylic acids is 4. The molecule has 69 heavy (non-hydrogen) atoms. The number of hydrogen-bond donors (Lipinski definition) is 1. The van der Waals surface area contributed by atoms with Crippen molar-refractivity contribution in [3.8, 4) is 0 Å². The number of carbonyl (C=O) groups is 4. The molecule has 9 rings (SSSR count). The molecule has 3 aliphatic heterocycles. The molecule has 0 bridgehead atoms. The van der Waals surface area contributed by atoms with Gasteiger partial charge in [0.05, 0.1) is 22.2 Å². The molecule has 7 fully saturated rings. The second kappa shape index (κ2) is 19.0. The molecule has 3 unspecified atom stereocenters. The maximum Gasteiger partial charge on any atom is 0.320 e. The predicted molar refractivity (Wildman–Crippen MR) is 274 cm³/mol. The second-order valence-corrected chi connectivity index (χ2v) is 25.0. The highest BCUT2D eigenvalue weighted by molar-refractivity contribution is 6.17. The minimum Gasteiger partial charge on any atom is -0.349 e. The molecular weight excluding hydrogens is 884 g/mol. The first kappa shape index (κ1) is 50.1. The molecule has 4 aliphatic carbocycles. The maximum absolute atomic E-state index is 14.8. The summed E-state index contributed by atoms with van der Waals surface area (Å²) in [5.74, 6) is 2.11. The topological polar surface area (TPSA) is 103 Å². The van der Waals surface area contributed by atoms with E-state index in [0.29, 0.717) is 75.6 Å². The Hall–Kier alpha value is -3.87. The van der Waals surface area contributed by atoms with Crippen LogP contribution in [0.4, 0.5) is 9.59 Å². The molecule has 1 N–H and O–H groups in total. The molecule has 0 aromatic heterocycles. The molecule has 2 spiro atoms. The van der Waals surface area contributed by atoms with Gasteiger partial charge >= 0.3 is 12.1 Å². The Balaban J connectivity index is 0.872. The van der Waals surface area contributed by atoms with E-state index in [1.807, 2.05) is 18.7 Å². The van der Waals surface area contributed by atoms with Crippen LogP contribution in [0.5, 0.6) is 0 Å². The minimum atomic E-state index is -0.600. The zero-order valence-electron chi connectivity index (χ0n) is 43.3. The van der Waals surface area contributed by atoms with Gasteiger partial charge in [-0.05, 0) is 168 Å². The highest BCUT2D eigenvalue weighted by atomic mass is 35.5. The van der Waals surface area contributed by atoms with E-state index in [1.165, 1.54) is 24.0 Å². The summed E-state index contributed by atoms with van der Waals surface area (Å²) in [6.45, 7) is 12.9. The lowest BCUT2D eigenvalue weighted by Crippen LogP contribution is -2.56. The van der Waals surface area contributed by atoms with E-state index in [1.54, 1.807) is 0 Å². The number of benzene rings is 2. The monoisotopic (exact) mass is 967 g/mol. The van der Waals surface area contributed by atoms with Gasteiger partial charge in [-0.15, -0.1) is 11.6 Å². The Bertz CT molecular complexity index is 2180. The van der Waals surface area contributed by atoms with E-state index >= 15 is 0 Å². The Kier molecular flexibility index (Phi) is 13.8. The molecule has 3 saturated heterocycles. The Morgan fingerprint density at radius 3 is 1.68 bits per heavy atom. The van der Waals surface area contributed by atoms with Crippen LogP contribution in [0, 0.1) is 23.7 Å². The standard InChI is InChI=1S/C56H83ClN8O4/c1-51(2,58-47(66)20-15-31-57)37-61-39-54(25-29-56(30-26-54,60(7)8)45-18-13-10-14-19-45)65(49(61)68)36-42-32-46(42)43-33-48(67)63(35-43)52(3,4)38-62-40-53(64(50(62)69)34-41-21-22-41)23-27-55(28-24-53,59(5)6)44-16-11-9-12-17-44/h9-14,16-19,41-43,46H,15,20-40H2,1-8H3,(H,58,66). The summed E-state index contributed by atoms with van der Waals surface area (Å²) in [5.41, 5.74) is 0.908. The molecule has 6 amide bonds. The third-order valence-electron chi connectivity index (χ3n) is 18.7. The first-order valence-corrected chi connectivity index (χ1v) is 27.1. The second-order valence-electron chi connectivity index (χ2n) is 24.6. The summed E-state index contributed by atoms with van der Waals surface area (Å²) in [4.78, 5) is 72.1. The van der Waals surface area contributed by atoms with E-state index in [9.17, 15) is 19.2 Å². The van der Waals surface area contributed by atoms with Gasteiger partial charge in [-0.25, -0.2) is 9.59 Å². The molecule has 7 aliphatic rings. The summed E-state index contributed by atoms with van der Waals surface area (Å²) in [6.07, 6.45) is 12.5. The quantitative estimate of drug-likeness (QED) is 0.150. The van der Waals surface area contributed by atoms with Crippen LogP contribution in [0.25, 0.3) is 0 Å². The third-order valence-corrected chi connectivity index (χ3v) is 18.9. The van der Waals surface area contributed by atoms with Gasteiger partial charge in [0.2, 0.25) is 11.8 Å². The van der Waals surface area contributed by atoms with Crippen LogP contribution >= 0.6 is 11.6 Å². The fourth-order valence-corrected chi connectivity index (χ4v) is 14.5. The van der Waals surface area contributed by atoms with E-state index < -0.39 is 11.1 Å². The number of urea groups is 2. The number of amides is 6. The van der Waals surface area contributed by atoms with Gasteiger partial charge in [-0.1, -0.05) is 60.7 Å². The zero-order chi connectivity index (χ0) is 49.1. The fraction of sp³-hybridized carbons (Fsp3) is 0.714. The number of alkyl halides is 1. The number of hydrogen-bond acceptors (Lipinski definition) is 6. The predicted octanol–water partition coefficient (Wildman–Crippen LogP) is 8.59. The highest BCUT2D eigenvalue weighted by Gasteiger charge is 2.60. The molecule has 3 heterocycles. The Morgan fingerprint density at radius 1 is 0.710 bits per heavy atom. The van der Waals surface area contributed by atoms with Crippen LogP contribution in [0.15, 0.2) is 60.7 Å². The molecule has 13 heteroatoms. The van der Waals surface area contributed by atoms with Crippen LogP contribution in [-0.4, -0.2) is 160 Å². The Morgan fingerprint density at radius 2 is 1.20 bits per heavy atom. The van der Waals surface area contributed by atoms with E-state index in [4.69, 9.17) is 11.6 Å². The van der Waals surface area contributed by atoms with Gasteiger partial charge in [-0.2, -0.15) is 0 Å². The molecule has 12 nitrogen and oxygen atoms in total. The molecule has 2 aromatic rings.